The molecule has 0 amide bonds. The number of hydrogen-bond acceptors (Lipinski definition) is 12. The molecule has 0 bridgehead atoms. The number of Topliss-reactive ketones (excluding diaryl/α,β-unsaturated/α-hetero) is 1. The van der Waals surface area contributed by atoms with Crippen LogP contribution in [-0.2, 0) is 24.8 Å². The molecular formula is C45H51N11O5S2. The third-order valence-electron chi connectivity index (χ3n) is 13.1. The maximum Gasteiger partial charge on any atom is 0.269 e. The summed E-state index contributed by atoms with van der Waals surface area (Å²) in [5.74, 6) is 3.42. The lowest BCUT2D eigenvalue weighted by atomic mass is 9.93. The highest BCUT2D eigenvalue weighted by Crippen LogP contribution is 2.46. The number of aryl methyl sites for hydroxylation is 2. The zero-order valence-electron chi connectivity index (χ0n) is 35.9. The standard InChI is InChI=1S/C24H27N5O3S.C21H24N6O2S/c1-4-18-12-17(11-16(3)30)13-20(18)23-27-26-22-14-25-24-21(29(22)23)9-10-28(24)33(31,32)19-7-5-15(2)6-8-19;1-3-14-10-15(22)11-17(14)20-25-24-19-12-23-21-18(27(19)20)8-9-26(21)30(28,29)16-6-4-13(2)5-7-16/h5-10,14,17-18,20H,4,11-13H2,1-3H3;4-9,12,14-15,17H,3,10-11,22H2,1-2H3/t17-,18+,20-;14-,15+,17+/m01/s1. The molecule has 6 aromatic heterocycles. The second-order valence-corrected chi connectivity index (χ2v) is 21.0. The Balaban J connectivity index is 0.000000161. The largest absolute Gasteiger partial charge is 0.328 e. The van der Waals surface area contributed by atoms with E-state index < -0.39 is 20.0 Å². The van der Waals surface area contributed by atoms with Gasteiger partial charge in [0.1, 0.15) is 17.4 Å². The second-order valence-electron chi connectivity index (χ2n) is 17.3. The molecule has 2 aromatic carbocycles. The number of rotatable bonds is 10. The number of fused-ring (bicyclic) bond motifs is 6. The van der Waals surface area contributed by atoms with Crippen molar-refractivity contribution in [1.29, 1.82) is 0 Å². The van der Waals surface area contributed by atoms with Crippen molar-refractivity contribution in [2.24, 2.45) is 23.5 Å². The summed E-state index contributed by atoms with van der Waals surface area (Å²) in [6.45, 7) is 9.82. The number of benzene rings is 2. The highest BCUT2D eigenvalue weighted by Gasteiger charge is 2.38. The van der Waals surface area contributed by atoms with E-state index in [1.807, 2.05) is 22.6 Å². The fourth-order valence-electron chi connectivity index (χ4n) is 9.94. The molecule has 10 rings (SSSR count). The van der Waals surface area contributed by atoms with Crippen LogP contribution in [0.25, 0.3) is 33.6 Å². The van der Waals surface area contributed by atoms with Crippen LogP contribution in [-0.4, -0.2) is 75.8 Å². The first-order chi connectivity index (χ1) is 30.2. The van der Waals surface area contributed by atoms with Gasteiger partial charge in [-0.25, -0.2) is 34.7 Å². The minimum absolute atomic E-state index is 0.149. The van der Waals surface area contributed by atoms with E-state index in [4.69, 9.17) is 5.73 Å². The van der Waals surface area contributed by atoms with E-state index in [1.54, 1.807) is 92.4 Å². The minimum Gasteiger partial charge on any atom is -0.328 e. The molecule has 2 aliphatic carbocycles. The average molecular weight is 890 g/mol. The van der Waals surface area contributed by atoms with E-state index >= 15 is 0 Å². The van der Waals surface area contributed by atoms with E-state index in [-0.39, 0.29) is 33.5 Å². The van der Waals surface area contributed by atoms with Gasteiger partial charge in [0.15, 0.2) is 22.6 Å². The molecule has 2 aliphatic rings. The van der Waals surface area contributed by atoms with Crippen LogP contribution in [0.1, 0.15) is 100 Å². The Kier molecular flexibility index (Phi) is 11.0. The van der Waals surface area contributed by atoms with E-state index in [0.29, 0.717) is 57.8 Å². The van der Waals surface area contributed by atoms with Gasteiger partial charge in [-0.1, -0.05) is 62.1 Å². The van der Waals surface area contributed by atoms with Gasteiger partial charge >= 0.3 is 0 Å². The number of nitrogens with two attached hydrogens (primary N) is 1. The molecule has 2 fully saturated rings. The molecule has 6 atom stereocenters. The number of nitrogens with zero attached hydrogens (tertiary/aromatic N) is 10. The first-order valence-corrected chi connectivity index (χ1v) is 24.4. The number of carbonyl (C=O) groups excluding carboxylic acids is 1. The predicted octanol–water partition coefficient (Wildman–Crippen LogP) is 6.98. The monoisotopic (exact) mass is 889 g/mol. The molecule has 2 saturated carbocycles. The molecule has 0 aliphatic heterocycles. The Morgan fingerprint density at radius 2 is 1.08 bits per heavy atom. The van der Waals surface area contributed by atoms with Gasteiger partial charge in [-0.05, 0) is 101 Å². The van der Waals surface area contributed by atoms with Crippen LogP contribution in [0.3, 0.4) is 0 Å². The highest BCUT2D eigenvalue weighted by molar-refractivity contribution is 7.90. The normalized spacial score (nSPS) is 21.7. The molecule has 328 valence electrons. The maximum atomic E-state index is 13.3. The van der Waals surface area contributed by atoms with Gasteiger partial charge < -0.3 is 10.5 Å². The Morgan fingerprint density at radius 1 is 0.635 bits per heavy atom. The highest BCUT2D eigenvalue weighted by atomic mass is 32.2. The van der Waals surface area contributed by atoms with Gasteiger partial charge in [-0.3, -0.25) is 8.80 Å². The van der Waals surface area contributed by atoms with Gasteiger partial charge in [0.2, 0.25) is 0 Å². The van der Waals surface area contributed by atoms with Crippen molar-refractivity contribution in [2.45, 2.75) is 107 Å². The van der Waals surface area contributed by atoms with Crippen LogP contribution in [0.15, 0.2) is 95.2 Å². The van der Waals surface area contributed by atoms with E-state index in [1.165, 1.54) is 7.94 Å². The SMILES string of the molecule is CC[C@@H]1C[C@H](CC(C)=O)C[C@@H]1c1nnc2cnc3c(ccn3S(=O)(=O)c3ccc(C)cc3)n12.CC[C@@H]1C[C@H](N)C[C@@H]1c1nnc2cnc3c(ccn3S(=O)(=O)c3ccc(C)cc3)n12. The van der Waals surface area contributed by atoms with E-state index in [9.17, 15) is 21.6 Å². The van der Waals surface area contributed by atoms with Crippen LogP contribution < -0.4 is 5.73 Å². The van der Waals surface area contributed by atoms with Gasteiger partial charge in [0.05, 0.1) is 33.2 Å². The summed E-state index contributed by atoms with van der Waals surface area (Å²) >= 11 is 0. The molecule has 2 N–H and O–H groups in total. The zero-order valence-corrected chi connectivity index (χ0v) is 37.5. The van der Waals surface area contributed by atoms with Crippen molar-refractivity contribution in [3.63, 3.8) is 0 Å². The minimum atomic E-state index is -3.80. The molecule has 18 heteroatoms. The van der Waals surface area contributed by atoms with Crippen molar-refractivity contribution >= 4 is 59.5 Å². The summed E-state index contributed by atoms with van der Waals surface area (Å²) in [6.07, 6.45) is 12.5. The fraction of sp³-hybridized carbons (Fsp3) is 0.400. The molecule has 16 nitrogen and oxygen atoms in total. The Bertz CT molecular complexity index is 3230. The molecule has 0 spiro atoms. The Labute approximate surface area is 365 Å². The summed E-state index contributed by atoms with van der Waals surface area (Å²) in [6, 6.07) is 17.3. The topological polar surface area (TPSA) is 207 Å². The Hall–Kier alpha value is -5.85. The molecular weight excluding hydrogens is 839 g/mol. The van der Waals surface area contributed by atoms with Gasteiger partial charge in [0, 0.05) is 36.7 Å². The van der Waals surface area contributed by atoms with Crippen LogP contribution in [0.5, 0.6) is 0 Å². The summed E-state index contributed by atoms with van der Waals surface area (Å²) in [4.78, 5) is 21.0. The summed E-state index contributed by atoms with van der Waals surface area (Å²) in [5.41, 5.74) is 11.5. The average Bonchev–Trinajstić information content (AvgIpc) is 4.12. The lowest BCUT2D eigenvalue weighted by Gasteiger charge is -2.16. The zero-order chi connectivity index (χ0) is 44.4. The number of hydrogen-bond donors (Lipinski definition) is 1. The lowest BCUT2D eigenvalue weighted by Crippen LogP contribution is -2.15. The molecule has 63 heavy (non-hydrogen) atoms. The first kappa shape index (κ1) is 42.5. The summed E-state index contributed by atoms with van der Waals surface area (Å²) < 4.78 is 59.5. The van der Waals surface area contributed by atoms with E-state index in [0.717, 1.165) is 61.3 Å². The lowest BCUT2D eigenvalue weighted by molar-refractivity contribution is -0.117. The molecule has 8 aromatic rings. The van der Waals surface area contributed by atoms with Gasteiger partial charge in [-0.2, -0.15) is 0 Å². The van der Waals surface area contributed by atoms with Gasteiger partial charge in [-0.15, -0.1) is 20.4 Å². The van der Waals surface area contributed by atoms with E-state index in [2.05, 4.69) is 44.2 Å². The summed E-state index contributed by atoms with van der Waals surface area (Å²) in [5, 5.41) is 17.6. The molecule has 6 heterocycles. The number of aromatic nitrogens is 10. The fourth-order valence-corrected chi connectivity index (χ4v) is 12.5. The first-order valence-electron chi connectivity index (χ1n) is 21.5. The van der Waals surface area contributed by atoms with Crippen molar-refractivity contribution < 1.29 is 21.6 Å². The van der Waals surface area contributed by atoms with Crippen LogP contribution in [0.2, 0.25) is 0 Å². The second kappa shape index (κ2) is 16.4. The van der Waals surface area contributed by atoms with Crippen LogP contribution in [0.4, 0.5) is 0 Å². The van der Waals surface area contributed by atoms with Gasteiger partial charge in [0.25, 0.3) is 20.0 Å². The van der Waals surface area contributed by atoms with Crippen LogP contribution in [0, 0.1) is 31.6 Å². The van der Waals surface area contributed by atoms with Crippen molar-refractivity contribution in [2.75, 3.05) is 0 Å². The Morgan fingerprint density at radius 3 is 1.52 bits per heavy atom. The predicted molar refractivity (Wildman–Crippen MR) is 238 cm³/mol. The van der Waals surface area contributed by atoms with Crippen molar-refractivity contribution in [3.8, 4) is 0 Å². The molecule has 0 radical (unpaired) electrons. The maximum absolute atomic E-state index is 13.3. The third-order valence-corrected chi connectivity index (χ3v) is 16.5. The quantitative estimate of drug-likeness (QED) is 0.148. The number of ketones is 1. The van der Waals surface area contributed by atoms with Crippen LogP contribution >= 0.6 is 0 Å². The third kappa shape index (κ3) is 7.50. The van der Waals surface area contributed by atoms with Crippen molar-refractivity contribution in [1.82, 2.24) is 47.1 Å². The smallest absolute Gasteiger partial charge is 0.269 e. The van der Waals surface area contributed by atoms with Crippen molar-refractivity contribution in [3.05, 3.63) is 108 Å². The summed E-state index contributed by atoms with van der Waals surface area (Å²) in [7, 11) is -7.56. The molecule has 0 unspecified atom stereocenters. The molecule has 0 saturated heterocycles. The number of carbonyl (C=O) groups is 1.